The minimum atomic E-state index is -4.15. The summed E-state index contributed by atoms with van der Waals surface area (Å²) in [6, 6.07) is 13.8. The number of methoxy groups -OCH3 is 3. The maximum atomic E-state index is 10.8. The van der Waals surface area contributed by atoms with Crippen molar-refractivity contribution in [3.8, 4) is 17.2 Å². The number of nitro groups is 1. The van der Waals surface area contributed by atoms with Crippen LogP contribution in [0.4, 0.5) is 17.1 Å². The van der Waals surface area contributed by atoms with Gasteiger partial charge in [-0.3, -0.25) is 14.7 Å². The maximum Gasteiger partial charge on any atom is 0.294 e. The molecule has 0 bridgehead atoms. The Labute approximate surface area is 202 Å². The van der Waals surface area contributed by atoms with Crippen molar-refractivity contribution >= 4 is 27.2 Å². The molecule has 1 N–H and O–H groups in total. The Balaban J connectivity index is 0.000000283. The fraction of sp³-hybridized carbons (Fsp3) is 0.217. The third-order valence-electron chi connectivity index (χ3n) is 4.70. The smallest absolute Gasteiger partial charge is 0.294 e. The first kappa shape index (κ1) is 27.2. The zero-order valence-corrected chi connectivity index (χ0v) is 20.6. The molecule has 0 aliphatic heterocycles. The molecule has 0 heterocycles. The summed E-state index contributed by atoms with van der Waals surface area (Å²) in [4.78, 5) is 10.0. The van der Waals surface area contributed by atoms with Crippen molar-refractivity contribution in [2.45, 2.75) is 18.7 Å². The van der Waals surface area contributed by atoms with Gasteiger partial charge in [0, 0.05) is 24.3 Å². The van der Waals surface area contributed by atoms with Crippen molar-refractivity contribution in [1.82, 2.24) is 0 Å². The Morgan fingerprint density at radius 2 is 1.46 bits per heavy atom. The SMILES string of the molecule is COc1cc(N=Nc2ccc([N+](=O)[O-])cc2)c(OC)cc1C.COc1ccc(C)c(S(=O)(=O)O)c1. The van der Waals surface area contributed by atoms with Gasteiger partial charge in [0.25, 0.3) is 15.8 Å². The third-order valence-corrected chi connectivity index (χ3v) is 5.70. The van der Waals surface area contributed by atoms with E-state index in [1.54, 1.807) is 39.3 Å². The monoisotopic (exact) mass is 503 g/mol. The number of benzene rings is 3. The van der Waals surface area contributed by atoms with E-state index in [4.69, 9.17) is 18.8 Å². The van der Waals surface area contributed by atoms with E-state index in [1.807, 2.05) is 13.0 Å². The van der Waals surface area contributed by atoms with Gasteiger partial charge >= 0.3 is 0 Å². The molecule has 0 aliphatic carbocycles. The van der Waals surface area contributed by atoms with Crippen LogP contribution in [0.5, 0.6) is 17.2 Å². The van der Waals surface area contributed by atoms with Gasteiger partial charge in [-0.15, -0.1) is 5.11 Å². The number of nitro benzene ring substituents is 1. The van der Waals surface area contributed by atoms with Gasteiger partial charge in [-0.05, 0) is 49.2 Å². The fourth-order valence-electron chi connectivity index (χ4n) is 2.85. The number of hydrogen-bond acceptors (Lipinski definition) is 9. The summed E-state index contributed by atoms with van der Waals surface area (Å²) in [5, 5.41) is 18.8. The Morgan fingerprint density at radius 3 is 1.97 bits per heavy atom. The van der Waals surface area contributed by atoms with Crippen molar-refractivity contribution in [3.05, 3.63) is 75.8 Å². The fourth-order valence-corrected chi connectivity index (χ4v) is 3.59. The Kier molecular flexibility index (Phi) is 9.26. The second-order valence-electron chi connectivity index (χ2n) is 7.07. The summed E-state index contributed by atoms with van der Waals surface area (Å²) in [6.07, 6.45) is 0. The lowest BCUT2D eigenvalue weighted by atomic mass is 10.2. The molecule has 0 fully saturated rings. The van der Waals surface area contributed by atoms with E-state index in [2.05, 4.69) is 10.2 Å². The van der Waals surface area contributed by atoms with Gasteiger partial charge in [0.15, 0.2) is 0 Å². The lowest BCUT2D eigenvalue weighted by Crippen LogP contribution is -2.01. The van der Waals surface area contributed by atoms with Crippen LogP contribution in [0, 0.1) is 24.0 Å². The molecule has 0 radical (unpaired) electrons. The standard InChI is InChI=1S/C15H15N3O4.C8H10O4S/c1-10-8-15(22-3)13(9-14(10)21-2)17-16-11-4-6-12(7-5-11)18(19)20;1-6-3-4-7(12-2)5-8(6)13(9,10)11/h4-9H,1-3H3;3-5H,1-2H3,(H,9,10,11). The van der Waals surface area contributed by atoms with Crippen molar-refractivity contribution in [2.24, 2.45) is 10.2 Å². The molecular weight excluding hydrogens is 478 g/mol. The predicted octanol–water partition coefficient (Wildman–Crippen LogP) is 5.59. The van der Waals surface area contributed by atoms with E-state index in [9.17, 15) is 18.5 Å². The van der Waals surface area contributed by atoms with Crippen LogP contribution < -0.4 is 14.2 Å². The van der Waals surface area contributed by atoms with Crippen LogP contribution in [0.3, 0.4) is 0 Å². The summed E-state index contributed by atoms with van der Waals surface area (Å²) in [5.41, 5.74) is 2.45. The first-order valence-electron chi connectivity index (χ1n) is 10.0. The molecule has 0 spiro atoms. The summed E-state index contributed by atoms with van der Waals surface area (Å²) in [7, 11) is 0.406. The van der Waals surface area contributed by atoms with Gasteiger partial charge in [0.1, 0.15) is 27.8 Å². The van der Waals surface area contributed by atoms with E-state index >= 15 is 0 Å². The van der Waals surface area contributed by atoms with Gasteiger partial charge in [-0.2, -0.15) is 13.5 Å². The van der Waals surface area contributed by atoms with Crippen LogP contribution in [-0.2, 0) is 10.1 Å². The average Bonchev–Trinajstić information content (AvgIpc) is 2.83. The van der Waals surface area contributed by atoms with E-state index in [1.165, 1.54) is 37.4 Å². The second-order valence-corrected chi connectivity index (χ2v) is 8.46. The van der Waals surface area contributed by atoms with E-state index in [-0.39, 0.29) is 10.6 Å². The first-order valence-corrected chi connectivity index (χ1v) is 11.4. The van der Waals surface area contributed by atoms with E-state index in [0.29, 0.717) is 34.2 Å². The van der Waals surface area contributed by atoms with E-state index in [0.717, 1.165) is 5.56 Å². The Hall–Kier alpha value is -4.03. The molecule has 12 heteroatoms. The highest BCUT2D eigenvalue weighted by atomic mass is 32.2. The van der Waals surface area contributed by atoms with Gasteiger partial charge in [0.05, 0.1) is 31.9 Å². The van der Waals surface area contributed by atoms with Crippen molar-refractivity contribution < 1.29 is 32.1 Å². The molecule has 3 rings (SSSR count). The molecule has 11 nitrogen and oxygen atoms in total. The van der Waals surface area contributed by atoms with Crippen molar-refractivity contribution in [3.63, 3.8) is 0 Å². The highest BCUT2D eigenvalue weighted by Crippen LogP contribution is 2.35. The first-order chi connectivity index (χ1) is 16.5. The molecule has 186 valence electrons. The number of azo groups is 1. The van der Waals surface area contributed by atoms with Crippen LogP contribution >= 0.6 is 0 Å². The van der Waals surface area contributed by atoms with Crippen LogP contribution in [0.25, 0.3) is 0 Å². The molecule has 0 saturated heterocycles. The zero-order chi connectivity index (χ0) is 26.2. The molecule has 3 aromatic carbocycles. The highest BCUT2D eigenvalue weighted by Gasteiger charge is 2.13. The highest BCUT2D eigenvalue weighted by molar-refractivity contribution is 7.85. The summed E-state index contributed by atoms with van der Waals surface area (Å²) >= 11 is 0. The molecule has 0 saturated carbocycles. The minimum Gasteiger partial charge on any atom is -0.497 e. The number of hydrogen-bond donors (Lipinski definition) is 1. The summed E-state index contributed by atoms with van der Waals surface area (Å²) in [5.74, 6) is 1.65. The lowest BCUT2D eigenvalue weighted by molar-refractivity contribution is -0.384. The summed E-state index contributed by atoms with van der Waals surface area (Å²) < 4.78 is 45.8. The molecule has 0 amide bonds. The maximum absolute atomic E-state index is 10.8. The van der Waals surface area contributed by atoms with E-state index < -0.39 is 15.0 Å². The van der Waals surface area contributed by atoms with Crippen molar-refractivity contribution in [1.29, 1.82) is 0 Å². The number of rotatable bonds is 7. The van der Waals surface area contributed by atoms with Gasteiger partial charge < -0.3 is 14.2 Å². The number of ether oxygens (including phenoxy) is 3. The van der Waals surface area contributed by atoms with Crippen LogP contribution in [-0.4, -0.2) is 39.2 Å². The molecule has 0 aliphatic rings. The van der Waals surface area contributed by atoms with Gasteiger partial charge in [0.2, 0.25) is 0 Å². The number of non-ortho nitro benzene ring substituents is 1. The minimum absolute atomic E-state index is 0.00790. The van der Waals surface area contributed by atoms with Crippen molar-refractivity contribution in [2.75, 3.05) is 21.3 Å². The normalized spacial score (nSPS) is 10.9. The number of aryl methyl sites for hydroxylation is 2. The Bertz CT molecular complexity index is 1320. The van der Waals surface area contributed by atoms with Gasteiger partial charge in [-0.1, -0.05) is 6.07 Å². The largest absolute Gasteiger partial charge is 0.497 e. The average molecular weight is 504 g/mol. The zero-order valence-electron chi connectivity index (χ0n) is 19.8. The molecule has 35 heavy (non-hydrogen) atoms. The molecular formula is C23H25N3O8S. The predicted molar refractivity (Wildman–Crippen MR) is 129 cm³/mol. The second kappa shape index (κ2) is 11.9. The molecule has 0 atom stereocenters. The van der Waals surface area contributed by atoms with Crippen LogP contribution in [0.15, 0.2) is 69.7 Å². The molecule has 3 aromatic rings. The van der Waals surface area contributed by atoms with Crippen LogP contribution in [0.1, 0.15) is 11.1 Å². The third kappa shape index (κ3) is 7.48. The lowest BCUT2D eigenvalue weighted by Gasteiger charge is -2.09. The Morgan fingerprint density at radius 1 is 0.829 bits per heavy atom. The quantitative estimate of drug-likeness (QED) is 0.190. The van der Waals surface area contributed by atoms with Crippen LogP contribution in [0.2, 0.25) is 0 Å². The summed E-state index contributed by atoms with van der Waals surface area (Å²) in [6.45, 7) is 3.50. The topological polar surface area (TPSA) is 150 Å². The number of nitrogens with zero attached hydrogens (tertiary/aromatic N) is 3. The van der Waals surface area contributed by atoms with Gasteiger partial charge in [-0.25, -0.2) is 0 Å². The molecule has 0 unspecified atom stereocenters. The molecule has 0 aromatic heterocycles.